The molecular weight excluding hydrogens is 275 g/mol. The molecule has 4 heteroatoms. The number of hydrogen-bond donors (Lipinski definition) is 1. The number of benzene rings is 1. The summed E-state index contributed by atoms with van der Waals surface area (Å²) < 4.78 is 0.812. The van der Waals surface area contributed by atoms with Crippen LogP contribution >= 0.6 is 27.5 Å². The maximum atomic E-state index is 9.03. The molecule has 1 rings (SSSR count). The molecule has 1 unspecified atom stereocenters. The van der Waals surface area contributed by atoms with Gasteiger partial charge in [0, 0.05) is 10.5 Å². The lowest BCUT2D eigenvalue weighted by Crippen LogP contribution is -2.27. The largest absolute Gasteiger partial charge is 0.296 e. The van der Waals surface area contributed by atoms with E-state index in [4.69, 9.17) is 16.9 Å². The molecule has 0 fully saturated rings. The van der Waals surface area contributed by atoms with E-state index in [0.29, 0.717) is 5.02 Å². The van der Waals surface area contributed by atoms with E-state index in [1.807, 2.05) is 26.0 Å². The fraction of sp³-hybridized carbons (Fsp3) is 0.364. The van der Waals surface area contributed by atoms with Crippen LogP contribution in [-0.4, -0.2) is 6.04 Å². The number of rotatable bonds is 3. The van der Waals surface area contributed by atoms with Gasteiger partial charge in [0.05, 0.1) is 11.1 Å². The zero-order valence-corrected chi connectivity index (χ0v) is 10.9. The van der Waals surface area contributed by atoms with Crippen molar-refractivity contribution in [3.63, 3.8) is 0 Å². The van der Waals surface area contributed by atoms with Crippen molar-refractivity contribution in [2.75, 3.05) is 0 Å². The van der Waals surface area contributed by atoms with Crippen LogP contribution in [0, 0.1) is 11.3 Å². The third-order valence-electron chi connectivity index (χ3n) is 1.91. The maximum Gasteiger partial charge on any atom is 0.121 e. The van der Waals surface area contributed by atoms with E-state index in [1.54, 1.807) is 6.07 Å². The fourth-order valence-corrected chi connectivity index (χ4v) is 1.75. The number of hydrogen-bond acceptors (Lipinski definition) is 2. The summed E-state index contributed by atoms with van der Waals surface area (Å²) in [6, 6.07) is 7.71. The summed E-state index contributed by atoms with van der Waals surface area (Å²) in [7, 11) is 0. The molecule has 2 nitrogen and oxygen atoms in total. The van der Waals surface area contributed by atoms with Gasteiger partial charge in [-0.3, -0.25) is 5.32 Å². The zero-order chi connectivity index (χ0) is 11.4. The lowest BCUT2D eigenvalue weighted by atomic mass is 10.1. The van der Waals surface area contributed by atoms with Crippen molar-refractivity contribution in [1.82, 2.24) is 5.32 Å². The Morgan fingerprint density at radius 2 is 2.13 bits per heavy atom. The molecule has 0 saturated heterocycles. The summed E-state index contributed by atoms with van der Waals surface area (Å²) in [5.74, 6) is 0. The minimum Gasteiger partial charge on any atom is -0.296 e. The number of nitrogens with zero attached hydrogens (tertiary/aromatic N) is 1. The maximum absolute atomic E-state index is 9.03. The molecule has 0 spiro atoms. The Morgan fingerprint density at radius 1 is 1.47 bits per heavy atom. The van der Waals surface area contributed by atoms with Gasteiger partial charge in [0.15, 0.2) is 0 Å². The average molecular weight is 288 g/mol. The average Bonchev–Trinajstić information content (AvgIpc) is 2.18. The van der Waals surface area contributed by atoms with Crippen LogP contribution in [0.4, 0.5) is 0 Å². The van der Waals surface area contributed by atoms with Crippen LogP contribution in [0.1, 0.15) is 25.5 Å². The normalized spacial score (nSPS) is 12.5. The van der Waals surface area contributed by atoms with E-state index in [-0.39, 0.29) is 12.1 Å². The highest BCUT2D eigenvalue weighted by atomic mass is 79.9. The zero-order valence-electron chi connectivity index (χ0n) is 8.59. The van der Waals surface area contributed by atoms with E-state index < -0.39 is 0 Å². The summed E-state index contributed by atoms with van der Waals surface area (Å²) in [5.41, 5.74) is 0.919. The van der Waals surface area contributed by atoms with E-state index in [9.17, 15) is 0 Å². The molecule has 1 aromatic carbocycles. The first-order valence-corrected chi connectivity index (χ1v) is 5.82. The molecular formula is C11H12BrClN2. The first-order chi connectivity index (χ1) is 7.04. The molecule has 0 aliphatic heterocycles. The lowest BCUT2D eigenvalue weighted by molar-refractivity contribution is 0.546. The van der Waals surface area contributed by atoms with Gasteiger partial charge in [-0.1, -0.05) is 17.7 Å². The molecule has 0 heterocycles. The summed E-state index contributed by atoms with van der Waals surface area (Å²) >= 11 is 9.22. The van der Waals surface area contributed by atoms with Gasteiger partial charge in [0.1, 0.15) is 6.04 Å². The fourth-order valence-electron chi connectivity index (χ4n) is 1.23. The molecule has 80 valence electrons. The van der Waals surface area contributed by atoms with Gasteiger partial charge in [0.25, 0.3) is 0 Å². The first-order valence-electron chi connectivity index (χ1n) is 4.65. The van der Waals surface area contributed by atoms with Gasteiger partial charge in [-0.15, -0.1) is 0 Å². The highest BCUT2D eigenvalue weighted by molar-refractivity contribution is 9.10. The van der Waals surface area contributed by atoms with E-state index in [1.165, 1.54) is 0 Å². The predicted octanol–water partition coefficient (Wildman–Crippen LogP) is 3.67. The highest BCUT2D eigenvalue weighted by Gasteiger charge is 2.12. The van der Waals surface area contributed by atoms with Crippen LogP contribution in [0.3, 0.4) is 0 Å². The topological polar surface area (TPSA) is 35.8 Å². The minimum absolute atomic E-state index is 0.268. The van der Waals surface area contributed by atoms with Gasteiger partial charge >= 0.3 is 0 Å². The molecule has 1 aromatic rings. The number of nitrogens with one attached hydrogen (secondary N) is 1. The molecule has 0 aliphatic carbocycles. The second-order valence-electron chi connectivity index (χ2n) is 3.56. The Balaban J connectivity index is 2.94. The third-order valence-corrected chi connectivity index (χ3v) is 3.12. The molecule has 15 heavy (non-hydrogen) atoms. The van der Waals surface area contributed by atoms with Gasteiger partial charge in [0.2, 0.25) is 0 Å². The van der Waals surface area contributed by atoms with Crippen LogP contribution in [0.2, 0.25) is 5.02 Å². The van der Waals surface area contributed by atoms with Crippen molar-refractivity contribution >= 4 is 27.5 Å². The smallest absolute Gasteiger partial charge is 0.121 e. The van der Waals surface area contributed by atoms with Crippen molar-refractivity contribution in [3.05, 3.63) is 33.3 Å². The molecule has 1 atom stereocenters. The Hall–Kier alpha value is -0.560. The quantitative estimate of drug-likeness (QED) is 0.921. The first kappa shape index (κ1) is 12.5. The van der Waals surface area contributed by atoms with Crippen molar-refractivity contribution in [3.8, 4) is 6.07 Å². The van der Waals surface area contributed by atoms with Crippen LogP contribution in [0.5, 0.6) is 0 Å². The van der Waals surface area contributed by atoms with Crippen LogP contribution in [-0.2, 0) is 0 Å². The highest BCUT2D eigenvalue weighted by Crippen LogP contribution is 2.26. The molecule has 0 radical (unpaired) electrons. The monoisotopic (exact) mass is 286 g/mol. The molecule has 0 saturated carbocycles. The Labute approximate surface area is 103 Å². The summed E-state index contributed by atoms with van der Waals surface area (Å²) in [6.07, 6.45) is 0. The van der Waals surface area contributed by atoms with Crippen molar-refractivity contribution < 1.29 is 0 Å². The van der Waals surface area contributed by atoms with Crippen molar-refractivity contribution in [2.24, 2.45) is 0 Å². The van der Waals surface area contributed by atoms with Gasteiger partial charge in [-0.25, -0.2) is 0 Å². The summed E-state index contributed by atoms with van der Waals surface area (Å²) in [6.45, 7) is 4.02. The second kappa shape index (κ2) is 5.50. The Bertz CT molecular complexity index is 385. The molecule has 0 aromatic heterocycles. The van der Waals surface area contributed by atoms with Crippen LogP contribution < -0.4 is 5.32 Å². The molecule has 0 amide bonds. The minimum atomic E-state index is -0.293. The lowest BCUT2D eigenvalue weighted by Gasteiger charge is -2.15. The van der Waals surface area contributed by atoms with E-state index in [0.717, 1.165) is 10.0 Å². The number of halogens is 2. The predicted molar refractivity (Wildman–Crippen MR) is 65.8 cm³/mol. The standard InChI is InChI=1S/C11H12BrClN2/c1-7(2)15-11(6-14)8-3-4-10(13)9(12)5-8/h3-5,7,11,15H,1-2H3. The second-order valence-corrected chi connectivity index (χ2v) is 4.82. The Morgan fingerprint density at radius 3 is 2.60 bits per heavy atom. The van der Waals surface area contributed by atoms with Crippen LogP contribution in [0.15, 0.2) is 22.7 Å². The third kappa shape index (κ3) is 3.49. The SMILES string of the molecule is CC(C)NC(C#N)c1ccc(Cl)c(Br)c1. The Kier molecular flexibility index (Phi) is 4.59. The van der Waals surface area contributed by atoms with Gasteiger partial charge < -0.3 is 0 Å². The molecule has 0 bridgehead atoms. The molecule has 0 aliphatic rings. The number of nitriles is 1. The van der Waals surface area contributed by atoms with E-state index in [2.05, 4.69) is 27.3 Å². The van der Waals surface area contributed by atoms with Crippen molar-refractivity contribution in [2.45, 2.75) is 25.9 Å². The van der Waals surface area contributed by atoms with Crippen LogP contribution in [0.25, 0.3) is 0 Å². The van der Waals surface area contributed by atoms with Gasteiger partial charge in [-0.05, 0) is 47.5 Å². The summed E-state index contributed by atoms with van der Waals surface area (Å²) in [5, 5.41) is 12.8. The van der Waals surface area contributed by atoms with Crippen molar-refractivity contribution in [1.29, 1.82) is 5.26 Å². The van der Waals surface area contributed by atoms with Gasteiger partial charge in [-0.2, -0.15) is 5.26 Å². The van der Waals surface area contributed by atoms with E-state index >= 15 is 0 Å². The summed E-state index contributed by atoms with van der Waals surface area (Å²) in [4.78, 5) is 0. The molecule has 1 N–H and O–H groups in total.